The number of fused-ring (bicyclic) bond motifs is 1. The van der Waals surface area contributed by atoms with Crippen LogP contribution in [0.15, 0.2) is 59.2 Å². The third-order valence-corrected chi connectivity index (χ3v) is 3.65. The lowest BCUT2D eigenvalue weighted by Gasteiger charge is -2.09. The van der Waals surface area contributed by atoms with E-state index in [4.69, 9.17) is 0 Å². The van der Waals surface area contributed by atoms with Crippen molar-refractivity contribution < 1.29 is 4.79 Å². The number of nitrogens with zero attached hydrogens (tertiary/aromatic N) is 1. The lowest BCUT2D eigenvalue weighted by molar-refractivity contribution is 0.102. The van der Waals surface area contributed by atoms with Crippen LogP contribution in [-0.2, 0) is 0 Å². The largest absolute Gasteiger partial charge is 0.322 e. The molecule has 104 valence electrons. The molecule has 0 aliphatic heterocycles. The maximum absolute atomic E-state index is 12.5. The maximum Gasteiger partial charge on any atom is 0.256 e. The van der Waals surface area contributed by atoms with Crippen molar-refractivity contribution in [2.24, 2.45) is 0 Å². The highest BCUT2D eigenvalue weighted by Gasteiger charge is 2.11. The summed E-state index contributed by atoms with van der Waals surface area (Å²) in [4.78, 5) is 16.8. The average Bonchev–Trinajstić information content (AvgIpc) is 2.45. The van der Waals surface area contributed by atoms with Gasteiger partial charge in [-0.1, -0.05) is 34.1 Å². The van der Waals surface area contributed by atoms with Crippen molar-refractivity contribution in [3.05, 3.63) is 70.3 Å². The van der Waals surface area contributed by atoms with Gasteiger partial charge in [0.15, 0.2) is 0 Å². The number of halogens is 1. The second-order valence-corrected chi connectivity index (χ2v) is 5.76. The van der Waals surface area contributed by atoms with Gasteiger partial charge in [0.1, 0.15) is 0 Å². The number of rotatable bonds is 2. The molecule has 3 aromatic rings. The predicted molar refractivity (Wildman–Crippen MR) is 88.6 cm³/mol. The molecule has 3 nitrogen and oxygen atoms in total. The van der Waals surface area contributed by atoms with Crippen molar-refractivity contribution >= 4 is 38.4 Å². The molecule has 0 atom stereocenters. The van der Waals surface area contributed by atoms with Crippen molar-refractivity contribution in [3.63, 3.8) is 0 Å². The smallest absolute Gasteiger partial charge is 0.256 e. The fourth-order valence-electron chi connectivity index (χ4n) is 2.30. The number of carbonyl (C=O) groups is 1. The molecule has 1 aromatic heterocycles. The molecule has 0 bridgehead atoms. The van der Waals surface area contributed by atoms with E-state index in [0.717, 1.165) is 26.6 Å². The summed E-state index contributed by atoms with van der Waals surface area (Å²) in [6, 6.07) is 15.2. The van der Waals surface area contributed by atoms with E-state index in [0.29, 0.717) is 5.56 Å². The summed E-state index contributed by atoms with van der Waals surface area (Å²) in [6.45, 7) is 1.99. The van der Waals surface area contributed by atoms with Crippen LogP contribution in [0.5, 0.6) is 0 Å². The molecular weight excluding hydrogens is 328 g/mol. The summed E-state index contributed by atoms with van der Waals surface area (Å²) in [7, 11) is 0. The molecule has 0 saturated heterocycles. The summed E-state index contributed by atoms with van der Waals surface area (Å²) in [5, 5.41) is 3.79. The third-order valence-electron chi connectivity index (χ3n) is 3.19. The zero-order valence-electron chi connectivity index (χ0n) is 11.4. The predicted octanol–water partition coefficient (Wildman–Crippen LogP) is 4.56. The molecule has 4 heteroatoms. The molecule has 0 fully saturated rings. The number of carbonyl (C=O) groups excluding carboxylic acids is 1. The monoisotopic (exact) mass is 340 g/mol. The Morgan fingerprint density at radius 3 is 2.76 bits per heavy atom. The van der Waals surface area contributed by atoms with Crippen LogP contribution < -0.4 is 5.32 Å². The van der Waals surface area contributed by atoms with Gasteiger partial charge in [-0.25, -0.2) is 0 Å². The van der Waals surface area contributed by atoms with Gasteiger partial charge in [0.05, 0.1) is 11.1 Å². The minimum atomic E-state index is -0.133. The molecule has 0 saturated carbocycles. The molecule has 0 aliphatic carbocycles. The molecule has 0 radical (unpaired) electrons. The summed E-state index contributed by atoms with van der Waals surface area (Å²) >= 11 is 3.44. The van der Waals surface area contributed by atoms with Crippen LogP contribution in [0.2, 0.25) is 0 Å². The van der Waals surface area contributed by atoms with Crippen molar-refractivity contribution in [3.8, 4) is 0 Å². The third kappa shape index (κ3) is 2.95. The number of amides is 1. The zero-order valence-corrected chi connectivity index (χ0v) is 13.0. The topological polar surface area (TPSA) is 42.0 Å². The minimum absolute atomic E-state index is 0.133. The van der Waals surface area contributed by atoms with Gasteiger partial charge < -0.3 is 5.32 Å². The van der Waals surface area contributed by atoms with E-state index in [2.05, 4.69) is 26.2 Å². The second-order valence-electron chi connectivity index (χ2n) is 4.85. The lowest BCUT2D eigenvalue weighted by atomic mass is 10.1. The molecule has 3 rings (SSSR count). The Morgan fingerprint density at radius 2 is 1.95 bits per heavy atom. The first kappa shape index (κ1) is 13.8. The summed E-state index contributed by atoms with van der Waals surface area (Å²) in [5.41, 5.74) is 3.29. The van der Waals surface area contributed by atoms with E-state index in [1.165, 1.54) is 0 Å². The van der Waals surface area contributed by atoms with E-state index >= 15 is 0 Å². The van der Waals surface area contributed by atoms with Gasteiger partial charge in [0.2, 0.25) is 0 Å². The highest BCUT2D eigenvalue weighted by molar-refractivity contribution is 9.10. The number of aryl methyl sites for hydroxylation is 1. The number of hydrogen-bond acceptors (Lipinski definition) is 2. The van der Waals surface area contributed by atoms with Crippen LogP contribution in [-0.4, -0.2) is 10.9 Å². The Balaban J connectivity index is 1.97. The fourth-order valence-corrected chi connectivity index (χ4v) is 2.91. The molecule has 1 heterocycles. The van der Waals surface area contributed by atoms with Gasteiger partial charge in [0.25, 0.3) is 5.91 Å². The van der Waals surface area contributed by atoms with E-state index < -0.39 is 0 Å². The molecule has 21 heavy (non-hydrogen) atoms. The highest BCUT2D eigenvalue weighted by Crippen LogP contribution is 2.21. The van der Waals surface area contributed by atoms with Gasteiger partial charge in [-0.3, -0.25) is 9.78 Å². The van der Waals surface area contributed by atoms with Gasteiger partial charge in [-0.2, -0.15) is 0 Å². The number of pyridine rings is 1. The van der Waals surface area contributed by atoms with Crippen LogP contribution in [0.25, 0.3) is 10.9 Å². The van der Waals surface area contributed by atoms with E-state index in [9.17, 15) is 4.79 Å². The number of aromatic nitrogens is 1. The summed E-state index contributed by atoms with van der Waals surface area (Å²) in [5.74, 6) is -0.133. The molecule has 0 spiro atoms. The zero-order chi connectivity index (χ0) is 14.8. The number of anilines is 1. The van der Waals surface area contributed by atoms with Crippen LogP contribution >= 0.6 is 15.9 Å². The van der Waals surface area contributed by atoms with Crippen molar-refractivity contribution in [2.45, 2.75) is 6.92 Å². The highest BCUT2D eigenvalue weighted by atomic mass is 79.9. The fraction of sp³-hybridized carbons (Fsp3) is 0.0588. The van der Waals surface area contributed by atoms with Crippen molar-refractivity contribution in [2.75, 3.05) is 5.32 Å². The van der Waals surface area contributed by atoms with Crippen LogP contribution in [0.3, 0.4) is 0 Å². The van der Waals surface area contributed by atoms with E-state index in [1.54, 1.807) is 12.3 Å². The first-order valence-corrected chi connectivity index (χ1v) is 7.35. The second kappa shape index (κ2) is 5.66. The molecular formula is C17H13BrN2O. The van der Waals surface area contributed by atoms with Gasteiger partial charge >= 0.3 is 0 Å². The van der Waals surface area contributed by atoms with Crippen LogP contribution in [0, 0.1) is 6.92 Å². The number of hydrogen-bond donors (Lipinski definition) is 1. The maximum atomic E-state index is 12.5. The van der Waals surface area contributed by atoms with E-state index in [-0.39, 0.29) is 5.91 Å². The molecule has 2 aromatic carbocycles. The molecule has 0 unspecified atom stereocenters. The Bertz CT molecular complexity index is 804. The quantitative estimate of drug-likeness (QED) is 0.743. The summed E-state index contributed by atoms with van der Waals surface area (Å²) < 4.78 is 0.942. The SMILES string of the molecule is Cc1cc(Br)cc(NC(=O)c2ccnc3ccccc23)c1. The molecule has 1 amide bonds. The van der Waals surface area contributed by atoms with Gasteiger partial charge in [-0.15, -0.1) is 0 Å². The van der Waals surface area contributed by atoms with E-state index in [1.807, 2.05) is 49.4 Å². The Kier molecular flexibility index (Phi) is 3.71. The normalized spacial score (nSPS) is 10.6. The Morgan fingerprint density at radius 1 is 1.14 bits per heavy atom. The standard InChI is InChI=1S/C17H13BrN2O/c1-11-8-12(18)10-13(9-11)20-17(21)15-6-7-19-16-5-3-2-4-14(15)16/h2-10H,1H3,(H,20,21). The van der Waals surface area contributed by atoms with Gasteiger partial charge in [0, 0.05) is 21.7 Å². The minimum Gasteiger partial charge on any atom is -0.322 e. The lowest BCUT2D eigenvalue weighted by Crippen LogP contribution is -2.12. The van der Waals surface area contributed by atoms with Crippen molar-refractivity contribution in [1.82, 2.24) is 4.98 Å². The molecule has 0 aliphatic rings. The summed E-state index contributed by atoms with van der Waals surface area (Å²) in [6.07, 6.45) is 1.66. The number of benzene rings is 2. The van der Waals surface area contributed by atoms with Crippen molar-refractivity contribution in [1.29, 1.82) is 0 Å². The number of para-hydroxylation sites is 1. The Labute approximate surface area is 131 Å². The Hall–Kier alpha value is -2.20. The average molecular weight is 341 g/mol. The van der Waals surface area contributed by atoms with Gasteiger partial charge in [-0.05, 0) is 42.8 Å². The first-order chi connectivity index (χ1) is 10.1. The molecule has 1 N–H and O–H groups in total. The first-order valence-electron chi connectivity index (χ1n) is 6.56. The number of nitrogens with one attached hydrogen (secondary N) is 1. The van der Waals surface area contributed by atoms with Crippen LogP contribution in [0.4, 0.5) is 5.69 Å². The van der Waals surface area contributed by atoms with Crippen LogP contribution in [0.1, 0.15) is 15.9 Å².